The smallest absolute Gasteiger partial charge is 0.221 e. The molecule has 1 heterocycles. The highest BCUT2D eigenvalue weighted by Crippen LogP contribution is 2.30. The molecule has 136 valence electrons. The van der Waals surface area contributed by atoms with Crippen molar-refractivity contribution in [1.82, 2.24) is 10.3 Å². The number of nitriles is 1. The number of nitrogens with zero attached hydrogens (tertiary/aromatic N) is 2. The third-order valence-corrected chi connectivity index (χ3v) is 4.98. The Morgan fingerprint density at radius 1 is 1.19 bits per heavy atom. The molecule has 5 nitrogen and oxygen atoms in total. The molecule has 0 saturated carbocycles. The van der Waals surface area contributed by atoms with Crippen molar-refractivity contribution in [3.05, 3.63) is 53.3 Å². The van der Waals surface area contributed by atoms with Crippen LogP contribution in [0, 0.1) is 17.1 Å². The molecule has 27 heavy (non-hydrogen) atoms. The number of hydrogen-bond donors (Lipinski definition) is 1. The largest absolute Gasteiger partial charge is 0.343 e. The number of benzene rings is 2. The topological polar surface area (TPSA) is 82.9 Å². The van der Waals surface area contributed by atoms with E-state index < -0.39 is 0 Å². The SMILES string of the molecule is N#CCNC(=O)CCC(=O)Cc1nc2ccc(-c3ccccc3F)cc2s1. The van der Waals surface area contributed by atoms with Crippen molar-refractivity contribution in [3.63, 3.8) is 0 Å². The summed E-state index contributed by atoms with van der Waals surface area (Å²) < 4.78 is 14.9. The van der Waals surface area contributed by atoms with Crippen molar-refractivity contribution in [2.24, 2.45) is 0 Å². The summed E-state index contributed by atoms with van der Waals surface area (Å²) in [4.78, 5) is 28.0. The number of fused-ring (bicyclic) bond motifs is 1. The summed E-state index contributed by atoms with van der Waals surface area (Å²) in [5.41, 5.74) is 2.04. The lowest BCUT2D eigenvalue weighted by Gasteiger charge is -2.02. The maximum atomic E-state index is 14.0. The van der Waals surface area contributed by atoms with Crippen LogP contribution in [0.5, 0.6) is 0 Å². The summed E-state index contributed by atoms with van der Waals surface area (Å²) in [5.74, 6) is -0.689. The summed E-state index contributed by atoms with van der Waals surface area (Å²) in [6.07, 6.45) is 0.316. The van der Waals surface area contributed by atoms with Crippen LogP contribution >= 0.6 is 11.3 Å². The first-order chi connectivity index (χ1) is 13.1. The zero-order valence-electron chi connectivity index (χ0n) is 14.4. The number of Topliss-reactive ketones (excluding diaryl/α,β-unsaturated/α-hetero) is 1. The number of halogens is 1. The quantitative estimate of drug-likeness (QED) is 0.634. The Bertz CT molecular complexity index is 1040. The normalized spacial score (nSPS) is 10.5. The number of rotatable bonds is 7. The molecule has 2 aromatic carbocycles. The van der Waals surface area contributed by atoms with Crippen LogP contribution in [0.2, 0.25) is 0 Å². The number of carbonyl (C=O) groups excluding carboxylic acids is 2. The summed E-state index contributed by atoms with van der Waals surface area (Å²) in [6.45, 7) is -0.0603. The predicted molar refractivity (Wildman–Crippen MR) is 102 cm³/mol. The second kappa shape index (κ2) is 8.52. The van der Waals surface area contributed by atoms with Crippen LogP contribution in [0.3, 0.4) is 0 Å². The van der Waals surface area contributed by atoms with E-state index >= 15 is 0 Å². The molecule has 0 saturated heterocycles. The first-order valence-corrected chi connectivity index (χ1v) is 9.18. The van der Waals surface area contributed by atoms with Gasteiger partial charge in [0.15, 0.2) is 0 Å². The van der Waals surface area contributed by atoms with E-state index in [4.69, 9.17) is 5.26 Å². The molecular weight excluding hydrogens is 365 g/mol. The molecule has 0 aliphatic rings. The number of amides is 1. The number of aromatic nitrogens is 1. The molecule has 1 amide bonds. The summed E-state index contributed by atoms with van der Waals surface area (Å²) in [6, 6.07) is 13.9. The highest BCUT2D eigenvalue weighted by Gasteiger charge is 2.12. The average Bonchev–Trinajstić information content (AvgIpc) is 3.06. The Morgan fingerprint density at radius 2 is 2.00 bits per heavy atom. The van der Waals surface area contributed by atoms with Crippen LogP contribution in [0.4, 0.5) is 4.39 Å². The number of hydrogen-bond acceptors (Lipinski definition) is 5. The minimum absolute atomic E-state index is 0.0584. The van der Waals surface area contributed by atoms with Gasteiger partial charge in [0, 0.05) is 18.4 Å². The van der Waals surface area contributed by atoms with Gasteiger partial charge in [0.1, 0.15) is 23.2 Å². The Balaban J connectivity index is 1.68. The van der Waals surface area contributed by atoms with Gasteiger partial charge in [-0.15, -0.1) is 11.3 Å². The van der Waals surface area contributed by atoms with E-state index in [0.717, 1.165) is 15.8 Å². The summed E-state index contributed by atoms with van der Waals surface area (Å²) in [7, 11) is 0. The van der Waals surface area contributed by atoms with Crippen LogP contribution in [0.25, 0.3) is 21.3 Å². The van der Waals surface area contributed by atoms with E-state index in [-0.39, 0.29) is 43.3 Å². The highest BCUT2D eigenvalue weighted by molar-refractivity contribution is 7.18. The first kappa shape index (κ1) is 18.7. The molecule has 0 spiro atoms. The van der Waals surface area contributed by atoms with E-state index in [1.165, 1.54) is 17.4 Å². The Hall–Kier alpha value is -3.11. The molecule has 0 bridgehead atoms. The first-order valence-electron chi connectivity index (χ1n) is 8.36. The molecule has 0 atom stereocenters. The van der Waals surface area contributed by atoms with Crippen LogP contribution < -0.4 is 5.32 Å². The predicted octanol–water partition coefficient (Wildman–Crippen LogP) is 3.63. The fourth-order valence-corrected chi connectivity index (χ4v) is 3.68. The van der Waals surface area contributed by atoms with Crippen molar-refractivity contribution >= 4 is 33.2 Å². The van der Waals surface area contributed by atoms with Gasteiger partial charge in [-0.3, -0.25) is 9.59 Å². The Labute approximate surface area is 159 Å². The zero-order valence-corrected chi connectivity index (χ0v) is 15.2. The lowest BCUT2D eigenvalue weighted by Crippen LogP contribution is -2.24. The minimum Gasteiger partial charge on any atom is -0.343 e. The molecule has 0 fully saturated rings. The standard InChI is InChI=1S/C20H16FN3O2S/c21-16-4-2-1-3-15(16)13-5-7-17-18(11-13)27-20(24-17)12-14(25)6-8-19(26)23-10-9-22/h1-5,7,11H,6,8,10,12H2,(H,23,26). The van der Waals surface area contributed by atoms with Crippen molar-refractivity contribution in [3.8, 4) is 17.2 Å². The lowest BCUT2D eigenvalue weighted by molar-refractivity contribution is -0.125. The average molecular weight is 381 g/mol. The van der Waals surface area contributed by atoms with Crippen LogP contribution in [-0.4, -0.2) is 23.2 Å². The fourth-order valence-electron chi connectivity index (χ4n) is 2.65. The molecule has 3 aromatic rings. The summed E-state index contributed by atoms with van der Waals surface area (Å²) >= 11 is 1.39. The third kappa shape index (κ3) is 4.74. The van der Waals surface area contributed by atoms with E-state index in [9.17, 15) is 14.0 Å². The molecule has 7 heteroatoms. The second-order valence-electron chi connectivity index (χ2n) is 5.92. The van der Waals surface area contributed by atoms with Gasteiger partial charge in [-0.25, -0.2) is 9.37 Å². The molecule has 3 rings (SSSR count). The lowest BCUT2D eigenvalue weighted by atomic mass is 10.1. The van der Waals surface area contributed by atoms with Gasteiger partial charge in [-0.2, -0.15) is 5.26 Å². The number of thiazole rings is 1. The zero-order chi connectivity index (χ0) is 19.2. The van der Waals surface area contributed by atoms with Gasteiger partial charge in [0.2, 0.25) is 5.91 Å². The van der Waals surface area contributed by atoms with E-state index in [2.05, 4.69) is 10.3 Å². The number of nitrogens with one attached hydrogen (secondary N) is 1. The van der Waals surface area contributed by atoms with Gasteiger partial charge in [0.05, 0.1) is 22.7 Å². The third-order valence-electron chi connectivity index (χ3n) is 3.96. The van der Waals surface area contributed by atoms with Gasteiger partial charge in [-0.05, 0) is 23.8 Å². The molecular formula is C20H16FN3O2S. The maximum Gasteiger partial charge on any atom is 0.221 e. The molecule has 0 aliphatic heterocycles. The number of carbonyl (C=O) groups is 2. The molecule has 1 N–H and O–H groups in total. The monoisotopic (exact) mass is 381 g/mol. The van der Waals surface area contributed by atoms with Crippen LogP contribution in [0.1, 0.15) is 17.8 Å². The maximum absolute atomic E-state index is 14.0. The number of ketones is 1. The van der Waals surface area contributed by atoms with E-state index in [1.54, 1.807) is 18.2 Å². The second-order valence-corrected chi connectivity index (χ2v) is 7.04. The van der Waals surface area contributed by atoms with E-state index in [1.807, 2.05) is 24.3 Å². The van der Waals surface area contributed by atoms with Crippen LogP contribution in [0.15, 0.2) is 42.5 Å². The van der Waals surface area contributed by atoms with Crippen molar-refractivity contribution in [2.45, 2.75) is 19.3 Å². The van der Waals surface area contributed by atoms with E-state index in [0.29, 0.717) is 10.6 Å². The van der Waals surface area contributed by atoms with Crippen molar-refractivity contribution < 1.29 is 14.0 Å². The minimum atomic E-state index is -0.316. The van der Waals surface area contributed by atoms with Gasteiger partial charge >= 0.3 is 0 Å². The van der Waals surface area contributed by atoms with Gasteiger partial charge in [-0.1, -0.05) is 24.3 Å². The molecule has 1 aromatic heterocycles. The van der Waals surface area contributed by atoms with Crippen molar-refractivity contribution in [1.29, 1.82) is 5.26 Å². The Kier molecular flexibility index (Phi) is 5.89. The van der Waals surface area contributed by atoms with Gasteiger partial charge in [0.25, 0.3) is 0 Å². The molecule has 0 aliphatic carbocycles. The summed E-state index contributed by atoms with van der Waals surface area (Å²) in [5, 5.41) is 11.5. The Morgan fingerprint density at radius 3 is 2.78 bits per heavy atom. The molecule has 0 radical (unpaired) electrons. The van der Waals surface area contributed by atoms with Crippen LogP contribution in [-0.2, 0) is 16.0 Å². The van der Waals surface area contributed by atoms with Crippen molar-refractivity contribution in [2.75, 3.05) is 6.54 Å². The highest BCUT2D eigenvalue weighted by atomic mass is 32.1. The molecule has 0 unspecified atom stereocenters. The fraction of sp³-hybridized carbons (Fsp3) is 0.200. The van der Waals surface area contributed by atoms with Gasteiger partial charge < -0.3 is 5.32 Å².